The van der Waals surface area contributed by atoms with Crippen molar-refractivity contribution in [3.63, 3.8) is 0 Å². The number of carbonyl (C=O) groups is 3. The highest BCUT2D eigenvalue weighted by molar-refractivity contribution is 7.12. The summed E-state index contributed by atoms with van der Waals surface area (Å²) in [6.07, 6.45) is 0. The number of esters is 1. The molecule has 2 aromatic rings. The van der Waals surface area contributed by atoms with Gasteiger partial charge in [-0.15, -0.1) is 11.3 Å². The van der Waals surface area contributed by atoms with Crippen molar-refractivity contribution in [2.75, 3.05) is 6.61 Å². The second-order valence-corrected chi connectivity index (χ2v) is 5.19. The van der Waals surface area contributed by atoms with Crippen molar-refractivity contribution in [2.45, 2.75) is 0 Å². The molecule has 0 fully saturated rings. The fourth-order valence-corrected chi connectivity index (χ4v) is 2.21. The first-order chi connectivity index (χ1) is 11.0. The smallest absolute Gasteiger partial charge is 0.338 e. The number of hydrogen-bond acceptors (Lipinski definition) is 7. The minimum atomic E-state index is -0.896. The van der Waals surface area contributed by atoms with E-state index >= 15 is 0 Å². The zero-order valence-electron chi connectivity index (χ0n) is 11.6. The van der Waals surface area contributed by atoms with Gasteiger partial charge in [0.1, 0.15) is 0 Å². The van der Waals surface area contributed by atoms with Crippen LogP contribution in [0.4, 0.5) is 5.69 Å². The highest BCUT2D eigenvalue weighted by Crippen LogP contribution is 2.13. The molecule has 2 amide bonds. The molecule has 0 aliphatic carbocycles. The van der Waals surface area contributed by atoms with E-state index in [1.54, 1.807) is 17.5 Å². The fourth-order valence-electron chi connectivity index (χ4n) is 1.59. The van der Waals surface area contributed by atoms with Gasteiger partial charge < -0.3 is 4.74 Å². The van der Waals surface area contributed by atoms with Gasteiger partial charge in [-0.3, -0.25) is 25.0 Å². The number of nitro benzene ring substituents is 1. The van der Waals surface area contributed by atoms with Crippen LogP contribution in [0.2, 0.25) is 0 Å². The van der Waals surface area contributed by atoms with Gasteiger partial charge in [0.25, 0.3) is 17.5 Å². The number of amides is 2. The predicted octanol–water partition coefficient (Wildman–Crippen LogP) is 1.77. The zero-order valence-corrected chi connectivity index (χ0v) is 12.4. The van der Waals surface area contributed by atoms with Crippen LogP contribution < -0.4 is 5.32 Å². The van der Waals surface area contributed by atoms with Crippen LogP contribution in [0.15, 0.2) is 41.8 Å². The Labute approximate surface area is 133 Å². The molecule has 118 valence electrons. The van der Waals surface area contributed by atoms with E-state index in [9.17, 15) is 24.5 Å². The topological polar surface area (TPSA) is 116 Å². The van der Waals surface area contributed by atoms with E-state index in [4.69, 9.17) is 4.74 Å². The number of nitrogens with zero attached hydrogens (tertiary/aromatic N) is 1. The van der Waals surface area contributed by atoms with Crippen LogP contribution in [0.25, 0.3) is 0 Å². The highest BCUT2D eigenvalue weighted by atomic mass is 32.1. The van der Waals surface area contributed by atoms with Crippen molar-refractivity contribution in [1.82, 2.24) is 5.32 Å². The third-order valence-electron chi connectivity index (χ3n) is 2.62. The first-order valence-electron chi connectivity index (χ1n) is 6.26. The summed E-state index contributed by atoms with van der Waals surface area (Å²) in [4.78, 5) is 45.2. The molecule has 1 aromatic carbocycles. The molecular weight excluding hydrogens is 324 g/mol. The Morgan fingerprint density at radius 2 is 2.00 bits per heavy atom. The summed E-state index contributed by atoms with van der Waals surface area (Å²) >= 11 is 1.16. The molecule has 8 nitrogen and oxygen atoms in total. The lowest BCUT2D eigenvalue weighted by Gasteiger charge is -2.05. The molecule has 9 heteroatoms. The van der Waals surface area contributed by atoms with E-state index in [1.807, 2.05) is 0 Å². The number of thiophene rings is 1. The number of hydrogen-bond donors (Lipinski definition) is 1. The van der Waals surface area contributed by atoms with Crippen LogP contribution in [-0.2, 0) is 9.53 Å². The molecule has 23 heavy (non-hydrogen) atoms. The molecular formula is C14H10N2O6S. The standard InChI is InChI=1S/C14H10N2O6S/c17-12(15-13(18)11-5-2-6-23-11)8-22-14(19)9-3-1-4-10(7-9)16(20)21/h1-7H,8H2,(H,15,17,18). The van der Waals surface area contributed by atoms with Crippen molar-refractivity contribution in [2.24, 2.45) is 0 Å². The lowest BCUT2D eigenvalue weighted by atomic mass is 10.2. The van der Waals surface area contributed by atoms with Crippen LogP contribution in [-0.4, -0.2) is 29.3 Å². The molecule has 0 unspecified atom stereocenters. The molecule has 0 bridgehead atoms. The lowest BCUT2D eigenvalue weighted by Crippen LogP contribution is -2.33. The Bertz CT molecular complexity index is 756. The number of nitrogens with one attached hydrogen (secondary N) is 1. The molecule has 1 N–H and O–H groups in total. The van der Waals surface area contributed by atoms with Gasteiger partial charge in [-0.05, 0) is 17.5 Å². The van der Waals surface area contributed by atoms with Crippen LogP contribution in [0.1, 0.15) is 20.0 Å². The highest BCUT2D eigenvalue weighted by Gasteiger charge is 2.16. The summed E-state index contributed by atoms with van der Waals surface area (Å²) in [5.41, 5.74) is -0.326. The van der Waals surface area contributed by atoms with Gasteiger partial charge in [0.2, 0.25) is 0 Å². The van der Waals surface area contributed by atoms with E-state index in [1.165, 1.54) is 18.2 Å². The molecule has 0 aliphatic heterocycles. The minimum absolute atomic E-state index is 0.0587. The first-order valence-corrected chi connectivity index (χ1v) is 7.14. The largest absolute Gasteiger partial charge is 0.452 e. The molecule has 0 aliphatic rings. The Kier molecular flexibility index (Phi) is 5.15. The van der Waals surface area contributed by atoms with Crippen molar-refractivity contribution < 1.29 is 24.0 Å². The molecule has 1 heterocycles. The quantitative estimate of drug-likeness (QED) is 0.506. The summed E-state index contributed by atoms with van der Waals surface area (Å²) in [7, 11) is 0. The van der Waals surface area contributed by atoms with Crippen molar-refractivity contribution >= 4 is 34.8 Å². The fraction of sp³-hybridized carbons (Fsp3) is 0.0714. The predicted molar refractivity (Wildman–Crippen MR) is 80.2 cm³/mol. The lowest BCUT2D eigenvalue weighted by molar-refractivity contribution is -0.384. The van der Waals surface area contributed by atoms with Gasteiger partial charge in [0, 0.05) is 12.1 Å². The minimum Gasteiger partial charge on any atom is -0.452 e. The maximum atomic E-state index is 11.7. The molecule has 1 aromatic heterocycles. The van der Waals surface area contributed by atoms with Crippen LogP contribution in [0.3, 0.4) is 0 Å². The molecule has 0 radical (unpaired) electrons. The Hall–Kier alpha value is -3.07. The maximum Gasteiger partial charge on any atom is 0.338 e. The number of rotatable bonds is 5. The summed E-state index contributed by atoms with van der Waals surface area (Å²) < 4.78 is 4.72. The number of non-ortho nitro benzene ring substituents is 1. The normalized spacial score (nSPS) is 9.91. The van der Waals surface area contributed by atoms with Gasteiger partial charge in [-0.25, -0.2) is 4.79 Å². The monoisotopic (exact) mass is 334 g/mol. The average molecular weight is 334 g/mol. The van der Waals surface area contributed by atoms with Crippen LogP contribution in [0.5, 0.6) is 0 Å². The maximum absolute atomic E-state index is 11.7. The molecule has 0 saturated carbocycles. The van der Waals surface area contributed by atoms with Gasteiger partial charge in [-0.2, -0.15) is 0 Å². The third-order valence-corrected chi connectivity index (χ3v) is 3.49. The van der Waals surface area contributed by atoms with Gasteiger partial charge in [0.05, 0.1) is 15.4 Å². The van der Waals surface area contributed by atoms with E-state index in [2.05, 4.69) is 5.32 Å². The summed E-state index contributed by atoms with van der Waals surface area (Å²) in [6.45, 7) is -0.668. The number of imide groups is 1. The van der Waals surface area contributed by atoms with Gasteiger partial charge >= 0.3 is 5.97 Å². The van der Waals surface area contributed by atoms with Crippen molar-refractivity contribution in [3.8, 4) is 0 Å². The molecule has 2 rings (SSSR count). The van der Waals surface area contributed by atoms with E-state index in [-0.39, 0.29) is 11.3 Å². The third kappa shape index (κ3) is 4.45. The van der Waals surface area contributed by atoms with E-state index < -0.39 is 29.3 Å². The average Bonchev–Trinajstić information content (AvgIpc) is 3.07. The van der Waals surface area contributed by atoms with Crippen LogP contribution in [0, 0.1) is 10.1 Å². The Morgan fingerprint density at radius 3 is 2.65 bits per heavy atom. The Morgan fingerprint density at radius 1 is 1.22 bits per heavy atom. The molecule has 0 atom stereocenters. The SMILES string of the molecule is O=C(COC(=O)c1cccc([N+](=O)[O-])c1)NC(=O)c1cccs1. The number of ether oxygens (including phenoxy) is 1. The van der Waals surface area contributed by atoms with E-state index in [0.717, 1.165) is 17.4 Å². The molecule has 0 saturated heterocycles. The number of benzene rings is 1. The van der Waals surface area contributed by atoms with Gasteiger partial charge in [-0.1, -0.05) is 12.1 Å². The zero-order chi connectivity index (χ0) is 16.8. The van der Waals surface area contributed by atoms with E-state index in [0.29, 0.717) is 4.88 Å². The Balaban J connectivity index is 1.89. The summed E-state index contributed by atoms with van der Waals surface area (Å²) in [5, 5.41) is 14.4. The summed E-state index contributed by atoms with van der Waals surface area (Å²) in [6, 6.07) is 8.12. The first kappa shape index (κ1) is 16.3. The van der Waals surface area contributed by atoms with Crippen molar-refractivity contribution in [1.29, 1.82) is 0 Å². The summed E-state index contributed by atoms with van der Waals surface area (Å²) in [5.74, 6) is -2.27. The van der Waals surface area contributed by atoms with Crippen LogP contribution >= 0.6 is 11.3 Å². The molecule has 0 spiro atoms. The van der Waals surface area contributed by atoms with Crippen molar-refractivity contribution in [3.05, 3.63) is 62.3 Å². The second-order valence-electron chi connectivity index (χ2n) is 4.24. The number of carbonyl (C=O) groups excluding carboxylic acids is 3. The van der Waals surface area contributed by atoms with Gasteiger partial charge in [0.15, 0.2) is 6.61 Å². The number of nitro groups is 1. The second kappa shape index (κ2) is 7.27.